The van der Waals surface area contributed by atoms with Gasteiger partial charge in [0.1, 0.15) is 0 Å². The Balaban J connectivity index is 2.20. The van der Waals surface area contributed by atoms with E-state index >= 15 is 0 Å². The van der Waals surface area contributed by atoms with Crippen molar-refractivity contribution in [2.45, 2.75) is 26.2 Å². The van der Waals surface area contributed by atoms with Gasteiger partial charge < -0.3 is 4.74 Å². The molecule has 0 N–H and O–H groups in total. The van der Waals surface area contributed by atoms with E-state index in [0.29, 0.717) is 6.61 Å². The van der Waals surface area contributed by atoms with Crippen molar-refractivity contribution in [1.29, 1.82) is 0 Å². The van der Waals surface area contributed by atoms with Crippen LogP contribution in [0.5, 0.6) is 5.75 Å². The summed E-state index contributed by atoms with van der Waals surface area (Å²) in [6.07, 6.45) is 7.19. The van der Waals surface area contributed by atoms with Crippen molar-refractivity contribution in [2.75, 3.05) is 6.61 Å². The number of halogens is 1. The van der Waals surface area contributed by atoms with Gasteiger partial charge in [-0.3, -0.25) is 0 Å². The van der Waals surface area contributed by atoms with Crippen LogP contribution in [0.3, 0.4) is 0 Å². The van der Waals surface area contributed by atoms with E-state index in [-0.39, 0.29) is 5.75 Å². The van der Waals surface area contributed by atoms with E-state index in [1.807, 2.05) is 0 Å². The van der Waals surface area contributed by atoms with Gasteiger partial charge in [-0.1, -0.05) is 31.2 Å². The summed E-state index contributed by atoms with van der Waals surface area (Å²) in [5, 5.41) is 0. The van der Waals surface area contributed by atoms with Gasteiger partial charge in [0.05, 0.1) is 6.61 Å². The van der Waals surface area contributed by atoms with Crippen LogP contribution in [0.25, 0.3) is 0 Å². The highest BCUT2D eigenvalue weighted by atomic mass is 19.1. The van der Waals surface area contributed by atoms with Crippen molar-refractivity contribution < 1.29 is 9.13 Å². The lowest BCUT2D eigenvalue weighted by atomic mass is 10.3. The van der Waals surface area contributed by atoms with Gasteiger partial charge >= 0.3 is 0 Å². The summed E-state index contributed by atoms with van der Waals surface area (Å²) in [5.41, 5.74) is 0. The number of benzene rings is 1. The molecule has 0 saturated heterocycles. The van der Waals surface area contributed by atoms with E-state index in [1.165, 1.54) is 6.07 Å². The number of hydrogen-bond donors (Lipinski definition) is 0. The molecule has 0 fully saturated rings. The van der Waals surface area contributed by atoms with Crippen LogP contribution in [0.2, 0.25) is 0 Å². The SMILES string of the molecule is CCC=CCCCOc1ccc[c]c1F. The molecule has 1 nitrogen and oxygen atoms in total. The Morgan fingerprint density at radius 1 is 1.47 bits per heavy atom. The largest absolute Gasteiger partial charge is 0.490 e. The van der Waals surface area contributed by atoms with Crippen molar-refractivity contribution in [3.8, 4) is 5.75 Å². The molecule has 0 aromatic heterocycles. The summed E-state index contributed by atoms with van der Waals surface area (Å²) in [5.74, 6) is -0.126. The zero-order chi connectivity index (χ0) is 10.9. The molecule has 0 aliphatic carbocycles. The fourth-order valence-electron chi connectivity index (χ4n) is 1.18. The molecular weight excluding hydrogens is 191 g/mol. The normalized spacial score (nSPS) is 10.8. The fourth-order valence-corrected chi connectivity index (χ4v) is 1.18. The van der Waals surface area contributed by atoms with Gasteiger partial charge in [0.2, 0.25) is 0 Å². The number of hydrogen-bond acceptors (Lipinski definition) is 1. The van der Waals surface area contributed by atoms with Crippen LogP contribution in [0, 0.1) is 11.9 Å². The van der Waals surface area contributed by atoms with Gasteiger partial charge in [-0.25, -0.2) is 4.39 Å². The third-order valence-corrected chi connectivity index (χ3v) is 1.95. The predicted octanol–water partition coefficient (Wildman–Crippen LogP) is 3.75. The molecule has 0 unspecified atom stereocenters. The molecule has 0 spiro atoms. The number of allylic oxidation sites excluding steroid dienone is 2. The molecule has 0 saturated carbocycles. The topological polar surface area (TPSA) is 9.23 Å². The van der Waals surface area contributed by atoms with Crippen molar-refractivity contribution >= 4 is 0 Å². The second kappa shape index (κ2) is 7.04. The maximum atomic E-state index is 13.0. The van der Waals surface area contributed by atoms with Crippen molar-refractivity contribution in [3.63, 3.8) is 0 Å². The molecule has 15 heavy (non-hydrogen) atoms. The molecule has 1 rings (SSSR count). The Morgan fingerprint density at radius 2 is 2.33 bits per heavy atom. The molecular formula is C13H16FO. The van der Waals surface area contributed by atoms with Crippen molar-refractivity contribution in [2.24, 2.45) is 0 Å². The molecule has 0 aliphatic heterocycles. The van der Waals surface area contributed by atoms with Crippen LogP contribution in [-0.2, 0) is 0 Å². The van der Waals surface area contributed by atoms with E-state index in [9.17, 15) is 4.39 Å². The molecule has 81 valence electrons. The number of ether oxygens (including phenoxy) is 1. The smallest absolute Gasteiger partial charge is 0.172 e. The van der Waals surface area contributed by atoms with Gasteiger partial charge in [-0.15, -0.1) is 0 Å². The summed E-state index contributed by atoms with van der Waals surface area (Å²) in [6, 6.07) is 7.33. The summed E-state index contributed by atoms with van der Waals surface area (Å²) < 4.78 is 18.3. The standard InChI is InChI=1S/C13H16FO/c1-2-3-4-5-8-11-15-13-10-7-6-9-12(13)14/h3-4,6-7,10H,2,5,8,11H2,1H3. The van der Waals surface area contributed by atoms with Crippen LogP contribution in [0.4, 0.5) is 4.39 Å². The average Bonchev–Trinajstić information content (AvgIpc) is 2.25. The highest BCUT2D eigenvalue weighted by Gasteiger charge is 2.00. The van der Waals surface area contributed by atoms with Gasteiger partial charge in [-0.05, 0) is 25.3 Å². The summed E-state index contributed by atoms with van der Waals surface area (Å²) in [7, 11) is 0. The molecule has 0 heterocycles. The Hall–Kier alpha value is -1.31. The highest BCUT2D eigenvalue weighted by molar-refractivity contribution is 5.22. The molecule has 0 amide bonds. The van der Waals surface area contributed by atoms with E-state index < -0.39 is 5.82 Å². The third kappa shape index (κ3) is 4.63. The molecule has 0 atom stereocenters. The quantitative estimate of drug-likeness (QED) is 0.510. The van der Waals surface area contributed by atoms with Crippen LogP contribution >= 0.6 is 0 Å². The molecule has 0 bridgehead atoms. The van der Waals surface area contributed by atoms with Crippen LogP contribution < -0.4 is 4.74 Å². The van der Waals surface area contributed by atoms with E-state index in [0.717, 1.165) is 19.3 Å². The predicted molar refractivity (Wildman–Crippen MR) is 59.4 cm³/mol. The van der Waals surface area contributed by atoms with Crippen molar-refractivity contribution in [1.82, 2.24) is 0 Å². The number of unbranched alkanes of at least 4 members (excludes halogenated alkanes) is 1. The first-order valence-corrected chi connectivity index (χ1v) is 5.28. The minimum atomic E-state index is -0.415. The number of rotatable bonds is 6. The van der Waals surface area contributed by atoms with Gasteiger partial charge in [0.15, 0.2) is 11.6 Å². The third-order valence-electron chi connectivity index (χ3n) is 1.95. The Kier molecular flexibility index (Phi) is 5.52. The molecule has 1 aromatic rings. The van der Waals surface area contributed by atoms with Crippen LogP contribution in [0.1, 0.15) is 26.2 Å². The monoisotopic (exact) mass is 207 g/mol. The second-order valence-corrected chi connectivity index (χ2v) is 3.22. The lowest BCUT2D eigenvalue weighted by Crippen LogP contribution is -1.98. The highest BCUT2D eigenvalue weighted by Crippen LogP contribution is 2.15. The van der Waals surface area contributed by atoms with E-state index in [1.54, 1.807) is 12.1 Å². The zero-order valence-corrected chi connectivity index (χ0v) is 9.00. The Labute approximate surface area is 90.6 Å². The summed E-state index contributed by atoms with van der Waals surface area (Å²) >= 11 is 0. The molecule has 2 heteroatoms. The van der Waals surface area contributed by atoms with E-state index in [4.69, 9.17) is 4.74 Å². The molecule has 1 radical (unpaired) electrons. The minimum Gasteiger partial charge on any atom is -0.490 e. The molecule has 0 aliphatic rings. The summed E-state index contributed by atoms with van der Waals surface area (Å²) in [4.78, 5) is 0. The first kappa shape index (κ1) is 11.8. The van der Waals surface area contributed by atoms with Gasteiger partial charge in [-0.2, -0.15) is 0 Å². The van der Waals surface area contributed by atoms with Crippen LogP contribution in [0.15, 0.2) is 30.4 Å². The van der Waals surface area contributed by atoms with Gasteiger partial charge in [0.25, 0.3) is 0 Å². The molecule has 1 aromatic carbocycles. The Morgan fingerprint density at radius 3 is 3.07 bits per heavy atom. The summed E-state index contributed by atoms with van der Waals surface area (Å²) in [6.45, 7) is 2.64. The minimum absolute atomic E-state index is 0.289. The van der Waals surface area contributed by atoms with Crippen molar-refractivity contribution in [3.05, 3.63) is 42.2 Å². The lowest BCUT2D eigenvalue weighted by molar-refractivity contribution is 0.296. The Bertz CT molecular complexity index is 307. The maximum absolute atomic E-state index is 13.0. The fraction of sp³-hybridized carbons (Fsp3) is 0.385. The first-order valence-electron chi connectivity index (χ1n) is 5.28. The lowest BCUT2D eigenvalue weighted by Gasteiger charge is -2.05. The van der Waals surface area contributed by atoms with Gasteiger partial charge in [0, 0.05) is 6.07 Å². The van der Waals surface area contributed by atoms with E-state index in [2.05, 4.69) is 25.1 Å². The van der Waals surface area contributed by atoms with Crippen LogP contribution in [-0.4, -0.2) is 6.61 Å². The zero-order valence-electron chi connectivity index (χ0n) is 9.00. The maximum Gasteiger partial charge on any atom is 0.172 e. The first-order chi connectivity index (χ1) is 7.34. The average molecular weight is 207 g/mol. The second-order valence-electron chi connectivity index (χ2n) is 3.22.